The molecule has 0 radical (unpaired) electrons. The van der Waals surface area contributed by atoms with Gasteiger partial charge in [-0.05, 0) is 65.2 Å². The molecule has 0 aromatic rings. The Morgan fingerprint density at radius 3 is 2.60 bits per heavy atom. The Hall–Kier alpha value is -0.0800. The van der Waals surface area contributed by atoms with Crippen molar-refractivity contribution in [3.8, 4) is 0 Å². The number of hydrogen-bond donors (Lipinski definition) is 1. The van der Waals surface area contributed by atoms with E-state index >= 15 is 0 Å². The van der Waals surface area contributed by atoms with Crippen molar-refractivity contribution in [2.75, 3.05) is 26.7 Å². The molecule has 0 aliphatic carbocycles. The third-order valence-corrected chi connectivity index (χ3v) is 3.81. The molecule has 0 saturated carbocycles. The summed E-state index contributed by atoms with van der Waals surface area (Å²) in [5.41, 5.74) is 0. The van der Waals surface area contributed by atoms with Crippen LogP contribution in [0.5, 0.6) is 0 Å². The van der Waals surface area contributed by atoms with E-state index in [1.165, 1.54) is 51.7 Å². The maximum atomic E-state index is 3.43. The Bertz CT molecular complexity index is 153. The van der Waals surface area contributed by atoms with Crippen molar-refractivity contribution < 1.29 is 0 Å². The normalized spacial score (nSPS) is 20.8. The van der Waals surface area contributed by atoms with Crippen LogP contribution in [0.2, 0.25) is 0 Å². The standard InChI is InChI=1S/C13H28N2/c1-4-5-12(2)15(3)11-8-13-6-9-14-10-7-13/h12-14H,4-11H2,1-3H3. The highest BCUT2D eigenvalue weighted by molar-refractivity contribution is 4.71. The SMILES string of the molecule is CCCC(C)N(C)CCC1CCNCC1. The molecule has 1 atom stereocenters. The first-order chi connectivity index (χ1) is 7.24. The highest BCUT2D eigenvalue weighted by Crippen LogP contribution is 2.17. The molecule has 90 valence electrons. The first kappa shape index (κ1) is 13.0. The number of piperidine rings is 1. The average Bonchev–Trinajstić information content (AvgIpc) is 2.27. The minimum absolute atomic E-state index is 0.761. The molecule has 0 bridgehead atoms. The maximum Gasteiger partial charge on any atom is 0.00637 e. The second kappa shape index (κ2) is 7.24. The third kappa shape index (κ3) is 4.98. The van der Waals surface area contributed by atoms with Gasteiger partial charge in [0, 0.05) is 6.04 Å². The van der Waals surface area contributed by atoms with Crippen molar-refractivity contribution in [1.82, 2.24) is 10.2 Å². The summed E-state index contributed by atoms with van der Waals surface area (Å²) in [7, 11) is 2.28. The summed E-state index contributed by atoms with van der Waals surface area (Å²) >= 11 is 0. The molecule has 1 aliphatic rings. The van der Waals surface area contributed by atoms with Gasteiger partial charge in [-0.2, -0.15) is 0 Å². The van der Waals surface area contributed by atoms with Crippen LogP contribution in [0, 0.1) is 5.92 Å². The number of nitrogens with zero attached hydrogens (tertiary/aromatic N) is 1. The van der Waals surface area contributed by atoms with E-state index in [4.69, 9.17) is 0 Å². The van der Waals surface area contributed by atoms with Gasteiger partial charge in [0.25, 0.3) is 0 Å². The van der Waals surface area contributed by atoms with E-state index in [1.807, 2.05) is 0 Å². The van der Waals surface area contributed by atoms with Crippen molar-refractivity contribution in [3.63, 3.8) is 0 Å². The van der Waals surface area contributed by atoms with Gasteiger partial charge in [-0.15, -0.1) is 0 Å². The molecular weight excluding hydrogens is 184 g/mol. The van der Waals surface area contributed by atoms with Crippen molar-refractivity contribution in [3.05, 3.63) is 0 Å². The lowest BCUT2D eigenvalue weighted by Gasteiger charge is -2.28. The van der Waals surface area contributed by atoms with E-state index in [9.17, 15) is 0 Å². The van der Waals surface area contributed by atoms with E-state index in [0.717, 1.165) is 12.0 Å². The Kier molecular flexibility index (Phi) is 6.26. The predicted octanol–water partition coefficient (Wildman–Crippen LogP) is 2.50. The van der Waals surface area contributed by atoms with Crippen molar-refractivity contribution in [2.24, 2.45) is 5.92 Å². The maximum absolute atomic E-state index is 3.43. The Morgan fingerprint density at radius 1 is 1.33 bits per heavy atom. The zero-order valence-electron chi connectivity index (χ0n) is 10.8. The Labute approximate surface area is 95.4 Å². The molecule has 1 unspecified atom stereocenters. The van der Waals surface area contributed by atoms with E-state index in [-0.39, 0.29) is 0 Å². The first-order valence-electron chi connectivity index (χ1n) is 6.65. The van der Waals surface area contributed by atoms with Crippen LogP contribution >= 0.6 is 0 Å². The molecule has 2 heteroatoms. The molecule has 1 rings (SSSR count). The van der Waals surface area contributed by atoms with Gasteiger partial charge in [0.05, 0.1) is 0 Å². The van der Waals surface area contributed by atoms with Gasteiger partial charge in [-0.25, -0.2) is 0 Å². The minimum Gasteiger partial charge on any atom is -0.317 e. The van der Waals surface area contributed by atoms with Crippen molar-refractivity contribution in [2.45, 2.75) is 52.0 Å². The lowest BCUT2D eigenvalue weighted by molar-refractivity contribution is 0.215. The molecule has 1 N–H and O–H groups in total. The van der Waals surface area contributed by atoms with Crippen LogP contribution in [0.1, 0.15) is 46.0 Å². The van der Waals surface area contributed by atoms with Gasteiger partial charge in [-0.1, -0.05) is 13.3 Å². The molecule has 15 heavy (non-hydrogen) atoms. The minimum atomic E-state index is 0.761. The van der Waals surface area contributed by atoms with E-state index in [0.29, 0.717) is 0 Å². The third-order valence-electron chi connectivity index (χ3n) is 3.81. The van der Waals surface area contributed by atoms with Crippen molar-refractivity contribution in [1.29, 1.82) is 0 Å². The summed E-state index contributed by atoms with van der Waals surface area (Å²) in [6, 6.07) is 0.761. The largest absolute Gasteiger partial charge is 0.317 e. The Morgan fingerprint density at radius 2 is 2.00 bits per heavy atom. The van der Waals surface area contributed by atoms with Crippen molar-refractivity contribution >= 4 is 0 Å². The summed E-state index contributed by atoms with van der Waals surface area (Å²) < 4.78 is 0. The molecule has 0 amide bonds. The zero-order chi connectivity index (χ0) is 11.1. The highest BCUT2D eigenvalue weighted by Gasteiger charge is 2.15. The first-order valence-corrected chi connectivity index (χ1v) is 6.65. The van der Waals surface area contributed by atoms with Gasteiger partial charge < -0.3 is 10.2 Å². The Balaban J connectivity index is 2.11. The monoisotopic (exact) mass is 212 g/mol. The second-order valence-electron chi connectivity index (χ2n) is 5.10. The topological polar surface area (TPSA) is 15.3 Å². The zero-order valence-corrected chi connectivity index (χ0v) is 10.8. The summed E-state index contributed by atoms with van der Waals surface area (Å²) in [5, 5.41) is 3.43. The van der Waals surface area contributed by atoms with Gasteiger partial charge >= 0.3 is 0 Å². The summed E-state index contributed by atoms with van der Waals surface area (Å²) in [6.07, 6.45) is 6.81. The fraction of sp³-hybridized carbons (Fsp3) is 1.00. The molecule has 1 aliphatic heterocycles. The molecule has 0 spiro atoms. The number of nitrogens with one attached hydrogen (secondary N) is 1. The molecule has 0 aromatic heterocycles. The molecule has 1 saturated heterocycles. The fourth-order valence-electron chi connectivity index (χ4n) is 2.42. The molecule has 2 nitrogen and oxygen atoms in total. The second-order valence-corrected chi connectivity index (χ2v) is 5.10. The molecule has 0 aromatic carbocycles. The van der Waals surface area contributed by atoms with Crippen LogP contribution < -0.4 is 5.32 Å². The summed E-state index contributed by atoms with van der Waals surface area (Å²) in [5.74, 6) is 0.975. The summed E-state index contributed by atoms with van der Waals surface area (Å²) in [4.78, 5) is 2.53. The predicted molar refractivity (Wildman–Crippen MR) is 67.2 cm³/mol. The van der Waals surface area contributed by atoms with E-state index < -0.39 is 0 Å². The fourth-order valence-corrected chi connectivity index (χ4v) is 2.42. The van der Waals surface area contributed by atoms with Crippen LogP contribution in [0.25, 0.3) is 0 Å². The van der Waals surface area contributed by atoms with Gasteiger partial charge in [-0.3, -0.25) is 0 Å². The van der Waals surface area contributed by atoms with Crippen LogP contribution in [0.15, 0.2) is 0 Å². The quantitative estimate of drug-likeness (QED) is 0.728. The number of rotatable bonds is 6. The van der Waals surface area contributed by atoms with Crippen LogP contribution in [0.4, 0.5) is 0 Å². The van der Waals surface area contributed by atoms with Gasteiger partial charge in [0.2, 0.25) is 0 Å². The van der Waals surface area contributed by atoms with Gasteiger partial charge in [0.15, 0.2) is 0 Å². The van der Waals surface area contributed by atoms with Crippen LogP contribution in [-0.2, 0) is 0 Å². The summed E-state index contributed by atoms with van der Waals surface area (Å²) in [6.45, 7) is 8.38. The molecular formula is C13H28N2. The smallest absolute Gasteiger partial charge is 0.00637 e. The highest BCUT2D eigenvalue weighted by atomic mass is 15.1. The molecule has 1 fully saturated rings. The lowest BCUT2D eigenvalue weighted by Crippen LogP contribution is -2.33. The molecule has 1 heterocycles. The van der Waals surface area contributed by atoms with Crippen LogP contribution in [0.3, 0.4) is 0 Å². The van der Waals surface area contributed by atoms with E-state index in [1.54, 1.807) is 0 Å². The lowest BCUT2D eigenvalue weighted by atomic mass is 9.94. The van der Waals surface area contributed by atoms with Gasteiger partial charge in [0.1, 0.15) is 0 Å². The number of hydrogen-bond acceptors (Lipinski definition) is 2. The van der Waals surface area contributed by atoms with E-state index in [2.05, 4.69) is 31.1 Å². The van der Waals surface area contributed by atoms with Crippen LogP contribution in [-0.4, -0.2) is 37.6 Å². The average molecular weight is 212 g/mol.